The van der Waals surface area contributed by atoms with Crippen LogP contribution in [0, 0.1) is 12.8 Å². The number of nitrogens with one attached hydrogen (secondary N) is 1. The third kappa shape index (κ3) is 3.33. The summed E-state index contributed by atoms with van der Waals surface area (Å²) in [5.41, 5.74) is 2.86. The molecule has 1 aromatic rings. The quantitative estimate of drug-likeness (QED) is 0.838. The highest BCUT2D eigenvalue weighted by atomic mass is 16.5. The average Bonchev–Trinajstić information content (AvgIpc) is 2.49. The molecular weight excluding hydrogens is 250 g/mol. The van der Waals surface area contributed by atoms with E-state index in [2.05, 4.69) is 19.2 Å². The Kier molecular flexibility index (Phi) is 5.05. The summed E-state index contributed by atoms with van der Waals surface area (Å²) in [7, 11) is 1.42. The third-order valence-electron chi connectivity index (χ3n) is 4.43. The molecule has 0 saturated heterocycles. The number of hydrogen-bond acceptors (Lipinski definition) is 3. The van der Waals surface area contributed by atoms with Gasteiger partial charge in [-0.25, -0.2) is 4.79 Å². The molecule has 1 saturated carbocycles. The van der Waals surface area contributed by atoms with Crippen LogP contribution >= 0.6 is 0 Å². The normalized spacial score (nSPS) is 22.4. The van der Waals surface area contributed by atoms with E-state index in [0.717, 1.165) is 11.6 Å². The summed E-state index contributed by atoms with van der Waals surface area (Å²) in [6.07, 6.45) is 6.39. The second-order valence-corrected chi connectivity index (χ2v) is 5.72. The van der Waals surface area contributed by atoms with Crippen molar-refractivity contribution in [2.45, 2.75) is 52.0 Å². The predicted molar refractivity (Wildman–Crippen MR) is 82.2 cm³/mol. The van der Waals surface area contributed by atoms with Gasteiger partial charge < -0.3 is 10.1 Å². The molecule has 20 heavy (non-hydrogen) atoms. The first-order valence-electron chi connectivity index (χ1n) is 7.61. The fraction of sp³-hybridized carbons (Fsp3) is 0.588. The van der Waals surface area contributed by atoms with Gasteiger partial charge in [0.25, 0.3) is 0 Å². The minimum Gasteiger partial charge on any atom is -0.465 e. The van der Waals surface area contributed by atoms with Gasteiger partial charge in [-0.15, -0.1) is 0 Å². The number of rotatable bonds is 4. The number of carbonyl (C=O) groups excluding carboxylic acids is 1. The molecule has 2 atom stereocenters. The Balaban J connectivity index is 2.17. The maximum Gasteiger partial charge on any atom is 0.337 e. The van der Waals surface area contributed by atoms with Crippen LogP contribution in [0.5, 0.6) is 0 Å². The molecule has 1 fully saturated rings. The maximum absolute atomic E-state index is 11.6. The van der Waals surface area contributed by atoms with Crippen molar-refractivity contribution in [3.05, 3.63) is 29.3 Å². The second kappa shape index (κ2) is 6.78. The number of aryl methyl sites for hydroxylation is 1. The highest BCUT2D eigenvalue weighted by Gasteiger charge is 2.24. The van der Waals surface area contributed by atoms with Gasteiger partial charge in [-0.2, -0.15) is 0 Å². The van der Waals surface area contributed by atoms with Crippen LogP contribution in [0.15, 0.2) is 18.2 Å². The largest absolute Gasteiger partial charge is 0.465 e. The zero-order chi connectivity index (χ0) is 14.5. The SMILES string of the molecule is CCC1CCCCC1Nc1cc(C(=O)OC)ccc1C. The number of anilines is 1. The third-order valence-corrected chi connectivity index (χ3v) is 4.43. The Labute approximate surface area is 121 Å². The van der Waals surface area contributed by atoms with Crippen LogP contribution in [-0.2, 0) is 4.74 Å². The van der Waals surface area contributed by atoms with Gasteiger partial charge in [0, 0.05) is 11.7 Å². The lowest BCUT2D eigenvalue weighted by Gasteiger charge is -2.32. The Morgan fingerprint density at radius 3 is 2.80 bits per heavy atom. The van der Waals surface area contributed by atoms with Gasteiger partial charge in [0.1, 0.15) is 0 Å². The first kappa shape index (κ1) is 14.9. The first-order valence-corrected chi connectivity index (χ1v) is 7.61. The number of methoxy groups -OCH3 is 1. The lowest BCUT2D eigenvalue weighted by atomic mass is 9.82. The van der Waals surface area contributed by atoms with Gasteiger partial charge in [-0.3, -0.25) is 0 Å². The summed E-state index contributed by atoms with van der Waals surface area (Å²) < 4.78 is 4.80. The molecule has 1 aliphatic rings. The Morgan fingerprint density at radius 2 is 2.10 bits per heavy atom. The van der Waals surface area contributed by atoms with Gasteiger partial charge in [0.15, 0.2) is 0 Å². The molecule has 0 radical (unpaired) electrons. The average molecular weight is 275 g/mol. The van der Waals surface area contributed by atoms with E-state index < -0.39 is 0 Å². The summed E-state index contributed by atoms with van der Waals surface area (Å²) in [5, 5.41) is 3.66. The van der Waals surface area contributed by atoms with Crippen molar-refractivity contribution in [2.75, 3.05) is 12.4 Å². The van der Waals surface area contributed by atoms with Crippen molar-refractivity contribution >= 4 is 11.7 Å². The molecule has 1 aliphatic carbocycles. The number of hydrogen-bond donors (Lipinski definition) is 1. The van der Waals surface area contributed by atoms with Gasteiger partial charge in [-0.1, -0.05) is 32.3 Å². The van der Waals surface area contributed by atoms with E-state index in [4.69, 9.17) is 4.74 Å². The van der Waals surface area contributed by atoms with Crippen molar-refractivity contribution in [1.29, 1.82) is 0 Å². The van der Waals surface area contributed by atoms with Crippen molar-refractivity contribution in [3.8, 4) is 0 Å². The van der Waals surface area contributed by atoms with Crippen LogP contribution in [0.25, 0.3) is 0 Å². The van der Waals surface area contributed by atoms with E-state index in [1.165, 1.54) is 44.8 Å². The fourth-order valence-electron chi connectivity index (χ4n) is 3.11. The molecule has 0 bridgehead atoms. The van der Waals surface area contributed by atoms with E-state index in [-0.39, 0.29) is 5.97 Å². The van der Waals surface area contributed by atoms with E-state index in [9.17, 15) is 4.79 Å². The minimum atomic E-state index is -0.274. The smallest absolute Gasteiger partial charge is 0.337 e. The molecule has 0 aliphatic heterocycles. The number of esters is 1. The Bertz CT molecular complexity index is 470. The van der Waals surface area contributed by atoms with Crippen molar-refractivity contribution in [1.82, 2.24) is 0 Å². The van der Waals surface area contributed by atoms with Crippen molar-refractivity contribution < 1.29 is 9.53 Å². The number of benzene rings is 1. The van der Waals surface area contributed by atoms with Crippen molar-refractivity contribution in [3.63, 3.8) is 0 Å². The lowest BCUT2D eigenvalue weighted by molar-refractivity contribution is 0.0601. The van der Waals surface area contributed by atoms with Crippen LogP contribution < -0.4 is 5.32 Å². The predicted octanol–water partition coefficient (Wildman–Crippen LogP) is 4.16. The molecule has 2 unspecified atom stereocenters. The molecule has 0 amide bonds. The molecule has 0 spiro atoms. The molecule has 3 heteroatoms. The zero-order valence-electron chi connectivity index (χ0n) is 12.7. The van der Waals surface area contributed by atoms with E-state index in [0.29, 0.717) is 11.6 Å². The molecule has 110 valence electrons. The monoisotopic (exact) mass is 275 g/mol. The molecular formula is C17H25NO2. The first-order chi connectivity index (χ1) is 9.65. The molecule has 1 aromatic carbocycles. The molecule has 0 aromatic heterocycles. The Morgan fingerprint density at radius 1 is 1.35 bits per heavy atom. The molecule has 2 rings (SSSR count). The van der Waals surface area contributed by atoms with Crippen LogP contribution in [0.1, 0.15) is 54.9 Å². The molecule has 0 heterocycles. The van der Waals surface area contributed by atoms with E-state index in [1.807, 2.05) is 18.2 Å². The standard InChI is InChI=1S/C17H25NO2/c1-4-13-7-5-6-8-15(13)18-16-11-14(17(19)20-3)10-9-12(16)2/h9-11,13,15,18H,4-8H2,1-3H3. The summed E-state index contributed by atoms with van der Waals surface area (Å²) >= 11 is 0. The fourth-order valence-corrected chi connectivity index (χ4v) is 3.11. The van der Waals surface area contributed by atoms with Crippen LogP contribution in [0.2, 0.25) is 0 Å². The maximum atomic E-state index is 11.6. The Hall–Kier alpha value is -1.51. The van der Waals surface area contributed by atoms with Gasteiger partial charge in [0.2, 0.25) is 0 Å². The highest BCUT2D eigenvalue weighted by molar-refractivity contribution is 5.90. The summed E-state index contributed by atoms with van der Waals surface area (Å²) in [4.78, 5) is 11.6. The summed E-state index contributed by atoms with van der Waals surface area (Å²) in [6.45, 7) is 4.34. The summed E-state index contributed by atoms with van der Waals surface area (Å²) in [6, 6.07) is 6.26. The molecule has 3 nitrogen and oxygen atoms in total. The molecule has 1 N–H and O–H groups in total. The minimum absolute atomic E-state index is 0.274. The van der Waals surface area contributed by atoms with Gasteiger partial charge >= 0.3 is 5.97 Å². The van der Waals surface area contributed by atoms with Crippen LogP contribution in [-0.4, -0.2) is 19.1 Å². The number of ether oxygens (including phenoxy) is 1. The summed E-state index contributed by atoms with van der Waals surface area (Å²) in [5.74, 6) is 0.466. The van der Waals surface area contributed by atoms with E-state index in [1.54, 1.807) is 0 Å². The number of carbonyl (C=O) groups is 1. The van der Waals surface area contributed by atoms with Crippen LogP contribution in [0.3, 0.4) is 0 Å². The topological polar surface area (TPSA) is 38.3 Å². The highest BCUT2D eigenvalue weighted by Crippen LogP contribution is 2.30. The van der Waals surface area contributed by atoms with Crippen molar-refractivity contribution in [2.24, 2.45) is 5.92 Å². The second-order valence-electron chi connectivity index (χ2n) is 5.72. The lowest BCUT2D eigenvalue weighted by Crippen LogP contribution is -2.32. The van der Waals surface area contributed by atoms with Crippen LogP contribution in [0.4, 0.5) is 5.69 Å². The van der Waals surface area contributed by atoms with Gasteiger partial charge in [0.05, 0.1) is 12.7 Å². The van der Waals surface area contributed by atoms with E-state index >= 15 is 0 Å². The zero-order valence-corrected chi connectivity index (χ0v) is 12.7. The van der Waals surface area contributed by atoms with Gasteiger partial charge in [-0.05, 0) is 43.4 Å².